The Balaban J connectivity index is 1.34. The molecule has 3 heterocycles. The number of rotatable bonds is 4. The zero-order valence-electron chi connectivity index (χ0n) is 19.4. The van der Waals surface area contributed by atoms with Crippen LogP contribution < -0.4 is 5.32 Å². The maximum absolute atomic E-state index is 13.4. The van der Waals surface area contributed by atoms with Crippen molar-refractivity contribution in [1.29, 1.82) is 0 Å². The molecule has 2 saturated heterocycles. The lowest BCUT2D eigenvalue weighted by atomic mass is 10.1. The standard InChI is InChI=1S/C25H29FN6O2/c1-17-4-3-5-19(14-17)15-30-10-12-31(13-11-30)24-27-22-21(23(33)28-25(34)29(22)2)32(24)16-18-6-8-20(26)9-7-18/h3-9,14,21-22H,10-13,15-16H2,1-2H3,(H,28,33,34). The van der Waals surface area contributed by atoms with Crippen LogP contribution in [0, 0.1) is 12.7 Å². The number of aliphatic imine (C=N–C) groups is 1. The van der Waals surface area contributed by atoms with Crippen molar-refractivity contribution in [1.82, 2.24) is 24.9 Å². The second kappa shape index (κ2) is 9.06. The zero-order chi connectivity index (χ0) is 23.8. The highest BCUT2D eigenvalue weighted by atomic mass is 19.1. The van der Waals surface area contributed by atoms with Crippen molar-refractivity contribution in [3.8, 4) is 0 Å². The number of halogens is 1. The van der Waals surface area contributed by atoms with Crippen LogP contribution in [0.4, 0.5) is 9.18 Å². The van der Waals surface area contributed by atoms with E-state index < -0.39 is 18.2 Å². The number of piperazine rings is 1. The largest absolute Gasteiger partial charge is 0.340 e. The first-order valence-corrected chi connectivity index (χ1v) is 11.6. The molecule has 0 aliphatic carbocycles. The second-order valence-electron chi connectivity index (χ2n) is 9.20. The van der Waals surface area contributed by atoms with Gasteiger partial charge in [-0.15, -0.1) is 0 Å². The highest BCUT2D eigenvalue weighted by Gasteiger charge is 2.49. The van der Waals surface area contributed by atoms with Gasteiger partial charge in [0.15, 0.2) is 18.2 Å². The average molecular weight is 465 g/mol. The Morgan fingerprint density at radius 2 is 1.74 bits per heavy atom. The molecule has 2 fully saturated rings. The van der Waals surface area contributed by atoms with Gasteiger partial charge in [0.25, 0.3) is 5.91 Å². The summed E-state index contributed by atoms with van der Waals surface area (Å²) in [6.07, 6.45) is -0.581. The molecule has 3 aliphatic rings. The van der Waals surface area contributed by atoms with Crippen molar-refractivity contribution in [2.45, 2.75) is 32.2 Å². The number of carbonyl (C=O) groups is 2. The quantitative estimate of drug-likeness (QED) is 0.750. The molecule has 2 atom stereocenters. The summed E-state index contributed by atoms with van der Waals surface area (Å²) in [5, 5.41) is 2.43. The fraction of sp³-hybridized carbons (Fsp3) is 0.400. The van der Waals surface area contributed by atoms with Crippen LogP contribution in [0.5, 0.6) is 0 Å². The third-order valence-electron chi connectivity index (χ3n) is 6.75. The maximum atomic E-state index is 13.4. The van der Waals surface area contributed by atoms with Gasteiger partial charge in [-0.05, 0) is 30.2 Å². The average Bonchev–Trinajstić information content (AvgIpc) is 3.19. The van der Waals surface area contributed by atoms with E-state index in [0.29, 0.717) is 12.5 Å². The van der Waals surface area contributed by atoms with Crippen molar-refractivity contribution in [3.05, 3.63) is 71.0 Å². The van der Waals surface area contributed by atoms with Crippen LogP contribution in [0.25, 0.3) is 0 Å². The summed E-state index contributed by atoms with van der Waals surface area (Å²) in [6, 6.07) is 13.8. The number of imide groups is 1. The Kier molecular flexibility index (Phi) is 5.95. The summed E-state index contributed by atoms with van der Waals surface area (Å²) < 4.78 is 13.4. The summed E-state index contributed by atoms with van der Waals surface area (Å²) in [6.45, 7) is 6.67. The van der Waals surface area contributed by atoms with Crippen LogP contribution in [0.1, 0.15) is 16.7 Å². The lowest BCUT2D eigenvalue weighted by Crippen LogP contribution is -2.64. The molecule has 8 nitrogen and oxygen atoms in total. The summed E-state index contributed by atoms with van der Waals surface area (Å²) in [7, 11) is 1.65. The van der Waals surface area contributed by atoms with Crippen molar-refractivity contribution in [3.63, 3.8) is 0 Å². The smallest absolute Gasteiger partial charge is 0.325 e. The molecule has 0 bridgehead atoms. The van der Waals surface area contributed by atoms with Crippen LogP contribution in [0.3, 0.4) is 0 Å². The van der Waals surface area contributed by atoms with Gasteiger partial charge in [-0.3, -0.25) is 15.0 Å². The Labute approximate surface area is 198 Å². The number of guanidine groups is 1. The highest BCUT2D eigenvalue weighted by Crippen LogP contribution is 2.28. The van der Waals surface area contributed by atoms with Crippen LogP contribution in [0.15, 0.2) is 53.5 Å². The van der Waals surface area contributed by atoms with Gasteiger partial charge in [-0.1, -0.05) is 42.0 Å². The summed E-state index contributed by atoms with van der Waals surface area (Å²) >= 11 is 0. The number of benzene rings is 2. The lowest BCUT2D eigenvalue weighted by Gasteiger charge is -2.40. The van der Waals surface area contributed by atoms with Crippen LogP contribution >= 0.6 is 0 Å². The molecule has 3 aliphatic heterocycles. The zero-order valence-corrected chi connectivity index (χ0v) is 19.4. The van der Waals surface area contributed by atoms with E-state index in [0.717, 1.165) is 38.3 Å². The lowest BCUT2D eigenvalue weighted by molar-refractivity contribution is -0.127. The van der Waals surface area contributed by atoms with Crippen LogP contribution in [0.2, 0.25) is 0 Å². The predicted molar refractivity (Wildman–Crippen MR) is 126 cm³/mol. The van der Waals surface area contributed by atoms with Gasteiger partial charge >= 0.3 is 6.03 Å². The Morgan fingerprint density at radius 1 is 1.00 bits per heavy atom. The monoisotopic (exact) mass is 464 g/mol. The van der Waals surface area contributed by atoms with Crippen LogP contribution in [-0.2, 0) is 17.9 Å². The third-order valence-corrected chi connectivity index (χ3v) is 6.75. The van der Waals surface area contributed by atoms with Crippen LogP contribution in [-0.4, -0.2) is 82.9 Å². The molecule has 0 spiro atoms. The van der Waals surface area contributed by atoms with Gasteiger partial charge < -0.3 is 14.7 Å². The van der Waals surface area contributed by atoms with E-state index >= 15 is 0 Å². The molecule has 0 aromatic heterocycles. The molecule has 178 valence electrons. The van der Waals surface area contributed by atoms with Gasteiger partial charge in [0.05, 0.1) is 0 Å². The number of likely N-dealkylation sites (N-methyl/N-ethyl adjacent to an activating group) is 1. The Bertz CT molecular complexity index is 1110. The van der Waals surface area contributed by atoms with Crippen molar-refractivity contribution >= 4 is 17.9 Å². The minimum Gasteiger partial charge on any atom is -0.340 e. The normalized spacial score (nSPS) is 23.1. The number of nitrogens with zero attached hydrogens (tertiary/aromatic N) is 5. The van der Waals surface area contributed by atoms with E-state index in [4.69, 9.17) is 4.99 Å². The first-order valence-electron chi connectivity index (χ1n) is 11.6. The number of urea groups is 1. The molecule has 9 heteroatoms. The molecule has 0 saturated carbocycles. The molecule has 2 aromatic rings. The minimum absolute atomic E-state index is 0.303. The van der Waals surface area contributed by atoms with E-state index in [1.165, 1.54) is 28.2 Å². The molecule has 5 rings (SSSR count). The Hall–Kier alpha value is -3.46. The number of nitrogens with one attached hydrogen (secondary N) is 1. The first-order chi connectivity index (χ1) is 16.4. The van der Waals surface area contributed by atoms with E-state index in [2.05, 4.69) is 46.3 Å². The summed E-state index contributed by atoms with van der Waals surface area (Å²) in [4.78, 5) is 37.9. The SMILES string of the molecule is Cc1cccc(CN2CCN(C3=NC4C(C(=O)NC(=O)N4C)N3Cc3ccc(F)cc3)CC2)c1. The third kappa shape index (κ3) is 4.35. The molecular weight excluding hydrogens is 435 g/mol. The fourth-order valence-corrected chi connectivity index (χ4v) is 4.90. The number of aryl methyl sites for hydroxylation is 1. The number of hydrogen-bond donors (Lipinski definition) is 1. The van der Waals surface area contributed by atoms with Gasteiger partial charge in [-0.25, -0.2) is 14.2 Å². The van der Waals surface area contributed by atoms with Crippen molar-refractivity contribution < 1.29 is 14.0 Å². The summed E-state index contributed by atoms with van der Waals surface area (Å²) in [5.41, 5.74) is 3.43. The maximum Gasteiger partial charge on any atom is 0.325 e. The van der Waals surface area contributed by atoms with Gasteiger partial charge in [0, 0.05) is 46.3 Å². The topological polar surface area (TPSA) is 71.5 Å². The van der Waals surface area contributed by atoms with Gasteiger partial charge in [0.1, 0.15) is 5.82 Å². The van der Waals surface area contributed by atoms with Crippen molar-refractivity contribution in [2.75, 3.05) is 33.2 Å². The minimum atomic E-state index is -0.618. The van der Waals surface area contributed by atoms with E-state index in [1.807, 2.05) is 4.90 Å². The molecule has 0 radical (unpaired) electrons. The molecule has 1 N–H and O–H groups in total. The van der Waals surface area contributed by atoms with Gasteiger partial charge in [0.2, 0.25) is 0 Å². The molecule has 2 aromatic carbocycles. The van der Waals surface area contributed by atoms with E-state index in [-0.39, 0.29) is 11.7 Å². The molecular formula is C25H29FN6O2. The fourth-order valence-electron chi connectivity index (χ4n) is 4.90. The number of amides is 3. The van der Waals surface area contributed by atoms with Gasteiger partial charge in [-0.2, -0.15) is 0 Å². The number of carbonyl (C=O) groups excluding carboxylic acids is 2. The highest BCUT2D eigenvalue weighted by molar-refractivity contribution is 6.03. The number of hydrogen-bond acceptors (Lipinski definition) is 6. The molecule has 2 unspecified atom stereocenters. The second-order valence-corrected chi connectivity index (χ2v) is 9.20. The van der Waals surface area contributed by atoms with E-state index in [1.54, 1.807) is 19.2 Å². The first kappa shape index (κ1) is 22.3. The Morgan fingerprint density at radius 3 is 2.44 bits per heavy atom. The molecule has 34 heavy (non-hydrogen) atoms. The number of fused-ring (bicyclic) bond motifs is 1. The van der Waals surface area contributed by atoms with Crippen molar-refractivity contribution in [2.24, 2.45) is 4.99 Å². The predicted octanol–water partition coefficient (Wildman–Crippen LogP) is 2.00. The summed E-state index contributed by atoms with van der Waals surface area (Å²) in [5.74, 6) is 0.0562. The van der Waals surface area contributed by atoms with E-state index in [9.17, 15) is 14.0 Å². The molecule has 3 amide bonds.